The number of fused-ring (bicyclic) bond motifs is 2. The van der Waals surface area contributed by atoms with Gasteiger partial charge < -0.3 is 10.1 Å². The van der Waals surface area contributed by atoms with Crippen LogP contribution in [0.5, 0.6) is 0 Å². The first-order valence-electron chi connectivity index (χ1n) is 7.31. The molecule has 4 atom stereocenters. The number of carbonyl (C=O) groups is 1. The predicted octanol–water partition coefficient (Wildman–Crippen LogP) is 1.82. The number of carboxylic acids is 1. The van der Waals surface area contributed by atoms with Crippen LogP contribution in [0.1, 0.15) is 43.1 Å². The SMILES string of the molecule is CC(NS(=O)(=O)c1c[nH]c(C(=O)O)c1)C1CC2CCC1C2. The second-order valence-electron chi connectivity index (χ2n) is 6.30. The summed E-state index contributed by atoms with van der Waals surface area (Å²) in [5.41, 5.74) is -0.122. The van der Waals surface area contributed by atoms with Gasteiger partial charge in [-0.1, -0.05) is 6.42 Å². The van der Waals surface area contributed by atoms with E-state index in [1.807, 2.05) is 6.92 Å². The summed E-state index contributed by atoms with van der Waals surface area (Å²) in [5.74, 6) is 0.625. The number of H-pyrrole nitrogens is 1. The van der Waals surface area contributed by atoms with Crippen molar-refractivity contribution in [3.8, 4) is 0 Å². The molecule has 0 radical (unpaired) electrons. The summed E-state index contributed by atoms with van der Waals surface area (Å²) in [6.45, 7) is 1.91. The number of sulfonamides is 1. The Kier molecular flexibility index (Phi) is 3.57. The Balaban J connectivity index is 1.71. The fourth-order valence-corrected chi connectivity index (χ4v) is 5.25. The van der Waals surface area contributed by atoms with Gasteiger partial charge in [0.25, 0.3) is 0 Å². The first-order valence-corrected chi connectivity index (χ1v) is 8.79. The molecule has 2 saturated carbocycles. The normalized spacial score (nSPS) is 29.7. The average Bonchev–Trinajstić information content (AvgIpc) is 3.13. The van der Waals surface area contributed by atoms with Gasteiger partial charge in [-0.2, -0.15) is 0 Å². The molecule has 0 aromatic carbocycles. The minimum absolute atomic E-state index is 0.0186. The minimum atomic E-state index is -3.67. The first-order chi connectivity index (χ1) is 9.87. The molecule has 0 saturated heterocycles. The van der Waals surface area contributed by atoms with E-state index in [0.717, 1.165) is 18.4 Å². The summed E-state index contributed by atoms with van der Waals surface area (Å²) in [4.78, 5) is 13.3. The van der Waals surface area contributed by atoms with Crippen molar-refractivity contribution < 1.29 is 18.3 Å². The van der Waals surface area contributed by atoms with Gasteiger partial charge in [0, 0.05) is 12.2 Å². The maximum absolute atomic E-state index is 12.3. The highest BCUT2D eigenvalue weighted by Gasteiger charge is 2.42. The van der Waals surface area contributed by atoms with Crippen LogP contribution in [0.3, 0.4) is 0 Å². The Morgan fingerprint density at radius 1 is 1.43 bits per heavy atom. The van der Waals surface area contributed by atoms with Gasteiger partial charge in [0.1, 0.15) is 10.6 Å². The molecule has 2 aliphatic rings. The lowest BCUT2D eigenvalue weighted by Crippen LogP contribution is -2.39. The van der Waals surface area contributed by atoms with Crippen LogP contribution in [-0.4, -0.2) is 30.5 Å². The van der Waals surface area contributed by atoms with Crippen molar-refractivity contribution in [2.75, 3.05) is 0 Å². The molecule has 1 aromatic rings. The molecule has 4 unspecified atom stereocenters. The largest absolute Gasteiger partial charge is 0.477 e. The molecule has 116 valence electrons. The Labute approximate surface area is 124 Å². The van der Waals surface area contributed by atoms with E-state index in [4.69, 9.17) is 5.11 Å². The van der Waals surface area contributed by atoms with Gasteiger partial charge in [0.05, 0.1) is 0 Å². The van der Waals surface area contributed by atoms with Crippen molar-refractivity contribution in [1.29, 1.82) is 0 Å². The molecule has 2 aliphatic carbocycles. The molecule has 21 heavy (non-hydrogen) atoms. The lowest BCUT2D eigenvalue weighted by molar-refractivity contribution is 0.0691. The molecule has 0 spiro atoms. The van der Waals surface area contributed by atoms with Crippen molar-refractivity contribution in [1.82, 2.24) is 9.71 Å². The number of hydrogen-bond donors (Lipinski definition) is 3. The van der Waals surface area contributed by atoms with Gasteiger partial charge in [-0.3, -0.25) is 0 Å². The molecular weight excluding hydrogens is 292 g/mol. The van der Waals surface area contributed by atoms with Gasteiger partial charge in [0.15, 0.2) is 0 Å². The van der Waals surface area contributed by atoms with E-state index in [1.165, 1.54) is 25.5 Å². The lowest BCUT2D eigenvalue weighted by atomic mass is 9.84. The zero-order valence-corrected chi connectivity index (χ0v) is 12.7. The molecule has 7 heteroatoms. The highest BCUT2D eigenvalue weighted by Crippen LogP contribution is 2.49. The van der Waals surface area contributed by atoms with E-state index in [9.17, 15) is 13.2 Å². The Morgan fingerprint density at radius 3 is 2.71 bits per heavy atom. The summed E-state index contributed by atoms with van der Waals surface area (Å²) in [7, 11) is -3.67. The number of nitrogens with one attached hydrogen (secondary N) is 2. The first kappa shape index (κ1) is 14.6. The summed E-state index contributed by atoms with van der Waals surface area (Å²) in [6, 6.07) is 1.03. The predicted molar refractivity (Wildman–Crippen MR) is 76.5 cm³/mol. The highest BCUT2D eigenvalue weighted by atomic mass is 32.2. The molecular formula is C14H20N2O4S. The fourth-order valence-electron chi connectivity index (χ4n) is 3.96. The van der Waals surface area contributed by atoms with E-state index in [0.29, 0.717) is 11.8 Å². The quantitative estimate of drug-likeness (QED) is 0.772. The summed E-state index contributed by atoms with van der Waals surface area (Å²) < 4.78 is 27.3. The summed E-state index contributed by atoms with van der Waals surface area (Å²) >= 11 is 0. The van der Waals surface area contributed by atoms with Crippen molar-refractivity contribution >= 4 is 16.0 Å². The molecule has 3 N–H and O–H groups in total. The van der Waals surface area contributed by atoms with Gasteiger partial charge in [-0.25, -0.2) is 17.9 Å². The Hall–Kier alpha value is -1.34. The topological polar surface area (TPSA) is 99.3 Å². The van der Waals surface area contributed by atoms with E-state index >= 15 is 0 Å². The number of aromatic amines is 1. The van der Waals surface area contributed by atoms with E-state index in [1.54, 1.807) is 0 Å². The van der Waals surface area contributed by atoms with Crippen molar-refractivity contribution in [2.45, 2.75) is 43.5 Å². The highest BCUT2D eigenvalue weighted by molar-refractivity contribution is 7.89. The molecule has 1 aromatic heterocycles. The van der Waals surface area contributed by atoms with Crippen molar-refractivity contribution in [3.63, 3.8) is 0 Å². The van der Waals surface area contributed by atoms with Crippen LogP contribution < -0.4 is 4.72 Å². The van der Waals surface area contributed by atoms with E-state index in [2.05, 4.69) is 9.71 Å². The third-order valence-corrected chi connectivity index (χ3v) is 6.51. The van der Waals surface area contributed by atoms with Crippen LogP contribution in [0, 0.1) is 17.8 Å². The van der Waals surface area contributed by atoms with Crippen molar-refractivity contribution in [2.24, 2.45) is 17.8 Å². The fraction of sp³-hybridized carbons (Fsp3) is 0.643. The number of hydrogen-bond acceptors (Lipinski definition) is 3. The second kappa shape index (κ2) is 5.14. The monoisotopic (exact) mass is 312 g/mol. The third-order valence-electron chi connectivity index (χ3n) is 4.97. The van der Waals surface area contributed by atoms with Gasteiger partial charge >= 0.3 is 5.97 Å². The summed E-state index contributed by atoms with van der Waals surface area (Å²) in [6.07, 6.45) is 6.03. The van der Waals surface area contributed by atoms with Crippen LogP contribution in [0.4, 0.5) is 0 Å². The van der Waals surface area contributed by atoms with E-state index in [-0.39, 0.29) is 16.6 Å². The third kappa shape index (κ3) is 2.72. The van der Waals surface area contributed by atoms with Gasteiger partial charge in [0.2, 0.25) is 10.0 Å². The molecule has 2 fully saturated rings. The molecule has 1 heterocycles. The number of rotatable bonds is 5. The van der Waals surface area contributed by atoms with Crippen LogP contribution >= 0.6 is 0 Å². The van der Waals surface area contributed by atoms with E-state index < -0.39 is 16.0 Å². The molecule has 3 rings (SSSR count). The average molecular weight is 312 g/mol. The molecule has 6 nitrogen and oxygen atoms in total. The zero-order valence-electron chi connectivity index (χ0n) is 11.9. The lowest BCUT2D eigenvalue weighted by Gasteiger charge is -2.28. The van der Waals surface area contributed by atoms with Gasteiger partial charge in [-0.15, -0.1) is 0 Å². The number of aromatic nitrogens is 1. The molecule has 2 bridgehead atoms. The molecule has 0 amide bonds. The van der Waals surface area contributed by atoms with Crippen LogP contribution in [-0.2, 0) is 10.0 Å². The number of carboxylic acid groups (broad SMARTS) is 1. The van der Waals surface area contributed by atoms with Crippen LogP contribution in [0.2, 0.25) is 0 Å². The molecule has 0 aliphatic heterocycles. The second-order valence-corrected chi connectivity index (χ2v) is 8.02. The zero-order chi connectivity index (χ0) is 15.2. The minimum Gasteiger partial charge on any atom is -0.477 e. The van der Waals surface area contributed by atoms with Crippen LogP contribution in [0.25, 0.3) is 0 Å². The maximum Gasteiger partial charge on any atom is 0.352 e. The van der Waals surface area contributed by atoms with Gasteiger partial charge in [-0.05, 0) is 50.0 Å². The Bertz CT molecular complexity index is 652. The number of aromatic carboxylic acids is 1. The summed E-state index contributed by atoms with van der Waals surface area (Å²) in [5, 5.41) is 8.84. The van der Waals surface area contributed by atoms with Crippen molar-refractivity contribution in [3.05, 3.63) is 18.0 Å². The van der Waals surface area contributed by atoms with Crippen LogP contribution in [0.15, 0.2) is 17.2 Å². The smallest absolute Gasteiger partial charge is 0.352 e. The maximum atomic E-state index is 12.3. The Morgan fingerprint density at radius 2 is 2.19 bits per heavy atom. The standard InChI is InChI=1S/C14H20N2O4S/c1-8(12-5-9-2-3-10(12)4-9)16-21(19,20)11-6-13(14(17)18)15-7-11/h6-10,12,15-16H,2-5H2,1H3,(H,17,18).